The maximum atomic E-state index is 6.46. The van der Waals surface area contributed by atoms with Gasteiger partial charge in [0.15, 0.2) is 0 Å². The van der Waals surface area contributed by atoms with Crippen molar-refractivity contribution in [2.75, 3.05) is 0 Å². The minimum atomic E-state index is 0.454. The lowest BCUT2D eigenvalue weighted by molar-refractivity contribution is 0.0363. The van der Waals surface area contributed by atoms with Crippen molar-refractivity contribution in [1.29, 1.82) is 0 Å². The Bertz CT molecular complexity index is 240. The van der Waals surface area contributed by atoms with Gasteiger partial charge in [-0.15, -0.1) is 0 Å². The molecule has 0 aromatic rings. The SMILES string of the molecule is CC1CCC(C(C)(C)C2CCCCC2)C(N)C1. The quantitative estimate of drug-likeness (QED) is 0.759. The van der Waals surface area contributed by atoms with E-state index in [0.717, 1.165) is 17.8 Å². The van der Waals surface area contributed by atoms with E-state index in [0.29, 0.717) is 11.5 Å². The van der Waals surface area contributed by atoms with Gasteiger partial charge in [-0.25, -0.2) is 0 Å². The van der Waals surface area contributed by atoms with E-state index in [1.54, 1.807) is 0 Å². The predicted molar refractivity (Wildman–Crippen MR) is 74.8 cm³/mol. The molecule has 0 aliphatic heterocycles. The van der Waals surface area contributed by atoms with E-state index in [-0.39, 0.29) is 0 Å². The summed E-state index contributed by atoms with van der Waals surface area (Å²) in [5, 5.41) is 0. The monoisotopic (exact) mass is 237 g/mol. The minimum absolute atomic E-state index is 0.454. The van der Waals surface area contributed by atoms with Gasteiger partial charge in [-0.2, -0.15) is 0 Å². The summed E-state index contributed by atoms with van der Waals surface area (Å²) in [7, 11) is 0. The normalized spacial score (nSPS) is 37.1. The largest absolute Gasteiger partial charge is 0.327 e. The van der Waals surface area contributed by atoms with E-state index in [9.17, 15) is 0 Å². The summed E-state index contributed by atoms with van der Waals surface area (Å²) in [6, 6.07) is 0.454. The molecule has 0 amide bonds. The summed E-state index contributed by atoms with van der Waals surface area (Å²) in [6.07, 6.45) is 11.3. The van der Waals surface area contributed by atoms with Gasteiger partial charge in [0.2, 0.25) is 0 Å². The molecule has 0 aromatic heterocycles. The second-order valence-electron chi connectivity index (χ2n) is 7.34. The van der Waals surface area contributed by atoms with Crippen LogP contribution in [0.4, 0.5) is 0 Å². The molecule has 2 fully saturated rings. The third kappa shape index (κ3) is 2.86. The molecule has 2 saturated carbocycles. The first kappa shape index (κ1) is 13.4. The molecule has 0 bridgehead atoms. The van der Waals surface area contributed by atoms with Crippen molar-refractivity contribution in [2.45, 2.75) is 78.2 Å². The van der Waals surface area contributed by atoms with E-state index in [1.165, 1.54) is 51.4 Å². The van der Waals surface area contributed by atoms with E-state index < -0.39 is 0 Å². The van der Waals surface area contributed by atoms with Gasteiger partial charge in [0.25, 0.3) is 0 Å². The maximum Gasteiger partial charge on any atom is 0.00748 e. The van der Waals surface area contributed by atoms with Gasteiger partial charge in [-0.3, -0.25) is 0 Å². The highest BCUT2D eigenvalue weighted by Crippen LogP contribution is 2.48. The van der Waals surface area contributed by atoms with Crippen LogP contribution in [0.5, 0.6) is 0 Å². The first-order chi connectivity index (χ1) is 8.01. The topological polar surface area (TPSA) is 26.0 Å². The molecule has 0 radical (unpaired) electrons. The highest BCUT2D eigenvalue weighted by molar-refractivity contribution is 4.94. The summed E-state index contributed by atoms with van der Waals surface area (Å²) in [6.45, 7) is 7.37. The number of hydrogen-bond donors (Lipinski definition) is 1. The number of rotatable bonds is 2. The van der Waals surface area contributed by atoms with E-state index in [4.69, 9.17) is 5.73 Å². The van der Waals surface area contributed by atoms with Crippen LogP contribution < -0.4 is 5.73 Å². The molecular formula is C16H31N. The first-order valence-electron chi connectivity index (χ1n) is 7.77. The molecule has 2 rings (SSSR count). The molecule has 2 aliphatic carbocycles. The maximum absolute atomic E-state index is 6.46. The summed E-state index contributed by atoms with van der Waals surface area (Å²) >= 11 is 0. The Morgan fingerprint density at radius 1 is 0.941 bits per heavy atom. The van der Waals surface area contributed by atoms with Gasteiger partial charge in [-0.05, 0) is 48.9 Å². The molecule has 1 nitrogen and oxygen atoms in total. The highest BCUT2D eigenvalue weighted by atomic mass is 14.7. The molecule has 0 saturated heterocycles. The van der Waals surface area contributed by atoms with E-state index in [2.05, 4.69) is 20.8 Å². The van der Waals surface area contributed by atoms with Crippen LogP contribution in [0.15, 0.2) is 0 Å². The van der Waals surface area contributed by atoms with Gasteiger partial charge in [0, 0.05) is 6.04 Å². The lowest BCUT2D eigenvalue weighted by Crippen LogP contribution is -2.47. The van der Waals surface area contributed by atoms with Crippen molar-refractivity contribution in [3.05, 3.63) is 0 Å². The fourth-order valence-corrected chi connectivity index (χ4v) is 4.50. The van der Waals surface area contributed by atoms with Crippen LogP contribution >= 0.6 is 0 Å². The molecule has 100 valence electrons. The first-order valence-corrected chi connectivity index (χ1v) is 7.77. The summed E-state index contributed by atoms with van der Waals surface area (Å²) in [4.78, 5) is 0. The zero-order chi connectivity index (χ0) is 12.5. The number of nitrogens with two attached hydrogens (primary N) is 1. The minimum Gasteiger partial charge on any atom is -0.327 e. The Hall–Kier alpha value is -0.0400. The van der Waals surface area contributed by atoms with Gasteiger partial charge in [0.1, 0.15) is 0 Å². The second-order valence-corrected chi connectivity index (χ2v) is 7.34. The van der Waals surface area contributed by atoms with Crippen molar-refractivity contribution >= 4 is 0 Å². The Morgan fingerprint density at radius 3 is 2.18 bits per heavy atom. The van der Waals surface area contributed by atoms with Gasteiger partial charge in [-0.1, -0.05) is 46.5 Å². The smallest absolute Gasteiger partial charge is 0.00748 e. The zero-order valence-electron chi connectivity index (χ0n) is 12.0. The van der Waals surface area contributed by atoms with Gasteiger partial charge >= 0.3 is 0 Å². The Morgan fingerprint density at radius 2 is 1.59 bits per heavy atom. The lowest BCUT2D eigenvalue weighted by atomic mass is 9.59. The van der Waals surface area contributed by atoms with Crippen molar-refractivity contribution in [3.63, 3.8) is 0 Å². The predicted octanol–water partition coefficient (Wildman–Crippen LogP) is 4.36. The third-order valence-electron chi connectivity index (χ3n) is 5.77. The number of hydrogen-bond acceptors (Lipinski definition) is 1. The molecule has 0 heterocycles. The third-order valence-corrected chi connectivity index (χ3v) is 5.77. The van der Waals surface area contributed by atoms with Crippen molar-refractivity contribution in [3.8, 4) is 0 Å². The van der Waals surface area contributed by atoms with Gasteiger partial charge < -0.3 is 5.73 Å². The molecule has 2 aliphatic rings. The van der Waals surface area contributed by atoms with Crippen LogP contribution in [0.25, 0.3) is 0 Å². The summed E-state index contributed by atoms with van der Waals surface area (Å²) < 4.78 is 0. The molecule has 0 aromatic carbocycles. The average molecular weight is 237 g/mol. The highest BCUT2D eigenvalue weighted by Gasteiger charge is 2.42. The summed E-state index contributed by atoms with van der Waals surface area (Å²) in [5.74, 6) is 2.55. The van der Waals surface area contributed by atoms with Crippen LogP contribution in [0.1, 0.15) is 72.1 Å². The van der Waals surface area contributed by atoms with Crippen LogP contribution in [-0.4, -0.2) is 6.04 Å². The van der Waals surface area contributed by atoms with Crippen LogP contribution in [-0.2, 0) is 0 Å². The Labute approximate surface area is 108 Å². The zero-order valence-corrected chi connectivity index (χ0v) is 12.0. The molecule has 1 heteroatoms. The molecule has 0 spiro atoms. The second kappa shape index (κ2) is 5.30. The molecule has 2 N–H and O–H groups in total. The summed E-state index contributed by atoms with van der Waals surface area (Å²) in [5.41, 5.74) is 6.93. The Balaban J connectivity index is 2.02. The van der Waals surface area contributed by atoms with Crippen molar-refractivity contribution < 1.29 is 0 Å². The fraction of sp³-hybridized carbons (Fsp3) is 1.00. The molecule has 3 atom stereocenters. The fourth-order valence-electron chi connectivity index (χ4n) is 4.50. The Kier molecular flexibility index (Phi) is 4.18. The molecule has 17 heavy (non-hydrogen) atoms. The molecular weight excluding hydrogens is 206 g/mol. The van der Waals surface area contributed by atoms with E-state index in [1.807, 2.05) is 0 Å². The van der Waals surface area contributed by atoms with Crippen LogP contribution in [0.2, 0.25) is 0 Å². The standard InChI is InChI=1S/C16H31N/c1-12-9-10-14(15(17)11-12)16(2,3)13-7-5-4-6-8-13/h12-15H,4-11,17H2,1-3H3. The van der Waals surface area contributed by atoms with Gasteiger partial charge in [0.05, 0.1) is 0 Å². The van der Waals surface area contributed by atoms with Crippen molar-refractivity contribution in [2.24, 2.45) is 28.9 Å². The molecule has 3 unspecified atom stereocenters. The van der Waals surface area contributed by atoms with E-state index >= 15 is 0 Å². The van der Waals surface area contributed by atoms with Crippen LogP contribution in [0.3, 0.4) is 0 Å². The van der Waals surface area contributed by atoms with Crippen molar-refractivity contribution in [1.82, 2.24) is 0 Å². The lowest BCUT2D eigenvalue weighted by Gasteiger charge is -2.48. The van der Waals surface area contributed by atoms with Crippen LogP contribution in [0, 0.1) is 23.2 Å². The average Bonchev–Trinajstić information content (AvgIpc) is 2.29.